The SMILES string of the molecule is Fc1ccc(SC2CNC2)cc1F. The van der Waals surface area contributed by atoms with Gasteiger partial charge < -0.3 is 5.32 Å². The van der Waals surface area contributed by atoms with Gasteiger partial charge in [-0.05, 0) is 18.2 Å². The second-order valence-corrected chi connectivity index (χ2v) is 4.35. The van der Waals surface area contributed by atoms with Gasteiger partial charge in [-0.15, -0.1) is 11.8 Å². The highest BCUT2D eigenvalue weighted by Gasteiger charge is 2.18. The van der Waals surface area contributed by atoms with Crippen molar-refractivity contribution in [3.05, 3.63) is 29.8 Å². The predicted octanol–water partition coefficient (Wildman–Crippen LogP) is 2.03. The van der Waals surface area contributed by atoms with E-state index in [0.29, 0.717) is 5.25 Å². The van der Waals surface area contributed by atoms with Crippen molar-refractivity contribution in [2.24, 2.45) is 0 Å². The first kappa shape index (κ1) is 8.97. The maximum atomic E-state index is 12.7. The van der Waals surface area contributed by atoms with Crippen LogP contribution in [0.3, 0.4) is 0 Å². The molecule has 1 aromatic rings. The van der Waals surface area contributed by atoms with Crippen molar-refractivity contribution in [3.63, 3.8) is 0 Å². The first-order chi connectivity index (χ1) is 6.25. The third-order valence-corrected chi connectivity index (χ3v) is 3.13. The second-order valence-electron chi connectivity index (χ2n) is 2.97. The summed E-state index contributed by atoms with van der Waals surface area (Å²) in [5.74, 6) is -1.55. The molecule has 4 heteroatoms. The minimum Gasteiger partial charge on any atom is -0.314 e. The average Bonchev–Trinajstić information content (AvgIpc) is 2.04. The Bertz CT molecular complexity index is 312. The Labute approximate surface area is 79.5 Å². The molecule has 2 rings (SSSR count). The molecule has 1 saturated heterocycles. The van der Waals surface area contributed by atoms with E-state index in [1.165, 1.54) is 12.1 Å². The van der Waals surface area contributed by atoms with Gasteiger partial charge in [0.1, 0.15) is 0 Å². The Kier molecular flexibility index (Phi) is 2.51. The van der Waals surface area contributed by atoms with Crippen LogP contribution in [-0.4, -0.2) is 18.3 Å². The number of nitrogens with one attached hydrogen (secondary N) is 1. The molecule has 70 valence electrons. The van der Waals surface area contributed by atoms with Crippen molar-refractivity contribution in [2.45, 2.75) is 10.1 Å². The highest BCUT2D eigenvalue weighted by Crippen LogP contribution is 2.26. The van der Waals surface area contributed by atoms with Gasteiger partial charge in [-0.3, -0.25) is 0 Å². The van der Waals surface area contributed by atoms with Gasteiger partial charge in [0.25, 0.3) is 0 Å². The van der Waals surface area contributed by atoms with Gasteiger partial charge in [-0.1, -0.05) is 0 Å². The normalized spacial score (nSPS) is 17.1. The zero-order chi connectivity index (χ0) is 9.26. The van der Waals surface area contributed by atoms with E-state index >= 15 is 0 Å². The maximum absolute atomic E-state index is 12.7. The Balaban J connectivity index is 2.07. The predicted molar refractivity (Wildman–Crippen MR) is 48.9 cm³/mol. The molecule has 13 heavy (non-hydrogen) atoms. The topological polar surface area (TPSA) is 12.0 Å². The van der Waals surface area contributed by atoms with Crippen LogP contribution >= 0.6 is 11.8 Å². The van der Waals surface area contributed by atoms with Crippen molar-refractivity contribution >= 4 is 11.8 Å². The van der Waals surface area contributed by atoms with Crippen LogP contribution in [0.4, 0.5) is 8.78 Å². The minimum absolute atomic E-state index is 0.505. The van der Waals surface area contributed by atoms with Crippen LogP contribution in [0, 0.1) is 11.6 Å². The van der Waals surface area contributed by atoms with Gasteiger partial charge in [-0.25, -0.2) is 8.78 Å². The van der Waals surface area contributed by atoms with Crippen LogP contribution in [0.5, 0.6) is 0 Å². The number of benzene rings is 1. The van der Waals surface area contributed by atoms with Crippen LogP contribution in [0.1, 0.15) is 0 Å². The lowest BCUT2D eigenvalue weighted by Gasteiger charge is -2.26. The molecule has 1 N–H and O–H groups in total. The van der Waals surface area contributed by atoms with Gasteiger partial charge in [0.2, 0.25) is 0 Å². The molecule has 1 aromatic carbocycles. The molecule has 0 amide bonds. The molecular weight excluding hydrogens is 192 g/mol. The fraction of sp³-hybridized carbons (Fsp3) is 0.333. The van der Waals surface area contributed by atoms with E-state index in [1.54, 1.807) is 17.8 Å². The molecule has 0 atom stereocenters. The van der Waals surface area contributed by atoms with Gasteiger partial charge >= 0.3 is 0 Å². The minimum atomic E-state index is -0.781. The summed E-state index contributed by atoms with van der Waals surface area (Å²) < 4.78 is 25.3. The second kappa shape index (κ2) is 3.64. The summed E-state index contributed by atoms with van der Waals surface area (Å²) in [6.45, 7) is 1.90. The van der Waals surface area contributed by atoms with Gasteiger partial charge in [0.15, 0.2) is 11.6 Å². The van der Waals surface area contributed by atoms with E-state index in [9.17, 15) is 8.78 Å². The standard InChI is InChI=1S/C9H9F2NS/c10-8-2-1-6(3-9(8)11)13-7-4-12-5-7/h1-3,7,12H,4-5H2. The van der Waals surface area contributed by atoms with Crippen molar-refractivity contribution < 1.29 is 8.78 Å². The molecule has 1 aliphatic heterocycles. The van der Waals surface area contributed by atoms with Crippen molar-refractivity contribution in [1.82, 2.24) is 5.32 Å². The van der Waals surface area contributed by atoms with Crippen LogP contribution in [0.15, 0.2) is 23.1 Å². The van der Waals surface area contributed by atoms with Crippen molar-refractivity contribution in [3.8, 4) is 0 Å². The lowest BCUT2D eigenvalue weighted by molar-refractivity contribution is 0.505. The number of hydrogen-bond acceptors (Lipinski definition) is 2. The third-order valence-electron chi connectivity index (χ3n) is 1.94. The summed E-state index contributed by atoms with van der Waals surface area (Å²) in [4.78, 5) is 0.797. The highest BCUT2D eigenvalue weighted by molar-refractivity contribution is 8.00. The Morgan fingerprint density at radius 3 is 2.54 bits per heavy atom. The zero-order valence-corrected chi connectivity index (χ0v) is 7.70. The van der Waals surface area contributed by atoms with Gasteiger partial charge in [0, 0.05) is 23.2 Å². The summed E-state index contributed by atoms with van der Waals surface area (Å²) >= 11 is 1.58. The van der Waals surface area contributed by atoms with E-state index < -0.39 is 11.6 Å². The first-order valence-electron chi connectivity index (χ1n) is 4.08. The molecule has 0 radical (unpaired) electrons. The number of halogens is 2. The maximum Gasteiger partial charge on any atom is 0.159 e. The molecule has 1 fully saturated rings. The van der Waals surface area contributed by atoms with E-state index in [4.69, 9.17) is 0 Å². The van der Waals surface area contributed by atoms with Crippen LogP contribution < -0.4 is 5.32 Å². The molecule has 0 bridgehead atoms. The average molecular weight is 201 g/mol. The van der Waals surface area contributed by atoms with Crippen molar-refractivity contribution in [1.29, 1.82) is 0 Å². The molecule has 0 aromatic heterocycles. The quantitative estimate of drug-likeness (QED) is 0.785. The number of rotatable bonds is 2. The molecule has 1 nitrogen and oxygen atoms in total. The lowest BCUT2D eigenvalue weighted by atomic mass is 10.3. The molecule has 0 saturated carbocycles. The monoisotopic (exact) mass is 201 g/mol. The molecule has 0 spiro atoms. The summed E-state index contributed by atoms with van der Waals surface area (Å²) in [6, 6.07) is 4.03. The van der Waals surface area contributed by atoms with Crippen LogP contribution in [-0.2, 0) is 0 Å². The lowest BCUT2D eigenvalue weighted by Crippen LogP contribution is -2.44. The first-order valence-corrected chi connectivity index (χ1v) is 4.96. The largest absolute Gasteiger partial charge is 0.314 e. The fourth-order valence-corrected chi connectivity index (χ4v) is 2.19. The molecule has 1 heterocycles. The zero-order valence-electron chi connectivity index (χ0n) is 6.89. The van der Waals surface area contributed by atoms with Crippen LogP contribution in [0.2, 0.25) is 0 Å². The Morgan fingerprint density at radius 1 is 1.23 bits per heavy atom. The third kappa shape index (κ3) is 2.00. The van der Waals surface area contributed by atoms with E-state index in [1.807, 2.05) is 0 Å². The molecule has 1 aliphatic rings. The highest BCUT2D eigenvalue weighted by atomic mass is 32.2. The van der Waals surface area contributed by atoms with Crippen LogP contribution in [0.25, 0.3) is 0 Å². The van der Waals surface area contributed by atoms with E-state index in [2.05, 4.69) is 5.32 Å². The molecule has 0 aliphatic carbocycles. The number of thioether (sulfide) groups is 1. The smallest absolute Gasteiger partial charge is 0.159 e. The fourth-order valence-electron chi connectivity index (χ4n) is 1.09. The summed E-state index contributed by atoms with van der Waals surface area (Å²) in [5, 5.41) is 3.62. The molecular formula is C9H9F2NS. The van der Waals surface area contributed by atoms with E-state index in [0.717, 1.165) is 18.0 Å². The van der Waals surface area contributed by atoms with Gasteiger partial charge in [0.05, 0.1) is 0 Å². The van der Waals surface area contributed by atoms with Crippen molar-refractivity contribution in [2.75, 3.05) is 13.1 Å². The summed E-state index contributed by atoms with van der Waals surface area (Å²) in [5.41, 5.74) is 0. The Morgan fingerprint density at radius 2 is 2.00 bits per heavy atom. The summed E-state index contributed by atoms with van der Waals surface area (Å²) in [7, 11) is 0. The molecule has 0 unspecified atom stereocenters. The Hall–Kier alpha value is -0.610. The summed E-state index contributed by atoms with van der Waals surface area (Å²) in [6.07, 6.45) is 0. The van der Waals surface area contributed by atoms with Gasteiger partial charge in [-0.2, -0.15) is 0 Å². The van der Waals surface area contributed by atoms with E-state index in [-0.39, 0.29) is 0 Å². The number of hydrogen-bond donors (Lipinski definition) is 1.